The topological polar surface area (TPSA) is 27.1 Å². The highest BCUT2D eigenvalue weighted by molar-refractivity contribution is 6.20. The maximum atomic E-state index is 13.5. The molecule has 0 bridgehead atoms. The van der Waals surface area contributed by atoms with Gasteiger partial charge < -0.3 is 9.30 Å². The third-order valence-electron chi connectivity index (χ3n) is 3.23. The van der Waals surface area contributed by atoms with E-state index < -0.39 is 0 Å². The average Bonchev–Trinajstić information content (AvgIpc) is 2.74. The van der Waals surface area contributed by atoms with Crippen molar-refractivity contribution in [3.05, 3.63) is 29.8 Å². The molecule has 2 rings (SSSR count). The Bertz CT molecular complexity index is 568. The second-order valence-electron chi connectivity index (χ2n) is 4.61. The number of hydrogen-bond acceptors (Lipinski definition) is 2. The second-order valence-corrected chi connectivity index (χ2v) is 5.26. The summed E-state index contributed by atoms with van der Waals surface area (Å²) in [4.78, 5) is 4.51. The zero-order valence-corrected chi connectivity index (χ0v) is 12.1. The second kappa shape index (κ2) is 5.88. The van der Waals surface area contributed by atoms with Crippen LogP contribution in [-0.4, -0.2) is 23.3 Å². The molecule has 0 spiro atoms. The number of fused-ring (bicyclic) bond motifs is 1. The number of halogens is 2. The molecule has 0 aliphatic rings. The van der Waals surface area contributed by atoms with Gasteiger partial charge in [0.25, 0.3) is 0 Å². The van der Waals surface area contributed by atoms with Crippen LogP contribution >= 0.6 is 11.6 Å². The third-order valence-corrected chi connectivity index (χ3v) is 3.43. The molecule has 0 saturated heterocycles. The first-order chi connectivity index (χ1) is 9.08. The van der Waals surface area contributed by atoms with E-state index in [0.717, 1.165) is 23.3 Å². The fourth-order valence-corrected chi connectivity index (χ4v) is 2.47. The summed E-state index contributed by atoms with van der Waals surface area (Å²) in [6, 6.07) is 4.71. The highest BCUT2D eigenvalue weighted by Gasteiger charge is 2.21. The number of nitrogens with zero attached hydrogens (tertiary/aromatic N) is 2. The Morgan fingerprint density at radius 3 is 2.79 bits per heavy atom. The van der Waals surface area contributed by atoms with Crippen LogP contribution in [0.25, 0.3) is 11.0 Å². The first kappa shape index (κ1) is 14.3. The lowest BCUT2D eigenvalue weighted by atomic mass is 10.2. The van der Waals surface area contributed by atoms with Gasteiger partial charge in [0.2, 0.25) is 0 Å². The minimum absolute atomic E-state index is 0.105. The van der Waals surface area contributed by atoms with Crippen LogP contribution in [0, 0.1) is 5.82 Å². The Labute approximate surface area is 117 Å². The zero-order chi connectivity index (χ0) is 14.0. The molecule has 2 unspecified atom stereocenters. The maximum absolute atomic E-state index is 13.5. The van der Waals surface area contributed by atoms with Crippen molar-refractivity contribution in [1.82, 2.24) is 9.55 Å². The molecule has 0 aliphatic heterocycles. The van der Waals surface area contributed by atoms with Gasteiger partial charge in [0.05, 0.1) is 29.1 Å². The highest BCUT2D eigenvalue weighted by Crippen LogP contribution is 2.29. The summed E-state index contributed by atoms with van der Waals surface area (Å²) in [7, 11) is 1.66. The van der Waals surface area contributed by atoms with Crippen LogP contribution in [0.2, 0.25) is 0 Å². The quantitative estimate of drug-likeness (QED) is 0.774. The van der Waals surface area contributed by atoms with Crippen molar-refractivity contribution in [2.45, 2.75) is 31.7 Å². The average molecular weight is 285 g/mol. The molecule has 1 aromatic heterocycles. The van der Waals surface area contributed by atoms with Crippen molar-refractivity contribution in [2.24, 2.45) is 0 Å². The van der Waals surface area contributed by atoms with Gasteiger partial charge in [-0.3, -0.25) is 0 Å². The lowest BCUT2D eigenvalue weighted by Gasteiger charge is -2.20. The van der Waals surface area contributed by atoms with E-state index in [4.69, 9.17) is 16.3 Å². The van der Waals surface area contributed by atoms with Crippen molar-refractivity contribution in [2.75, 3.05) is 13.7 Å². The van der Waals surface area contributed by atoms with Crippen molar-refractivity contribution in [3.63, 3.8) is 0 Å². The number of hydrogen-bond donors (Lipinski definition) is 0. The van der Waals surface area contributed by atoms with Gasteiger partial charge in [-0.1, -0.05) is 6.92 Å². The molecule has 5 heteroatoms. The standard InChI is InChI=1S/C14H18ClFN2O/c1-4-11(8-19-3)18-13-7-10(16)5-6-12(13)17-14(18)9(2)15/h5-7,9,11H,4,8H2,1-3H3. The van der Waals surface area contributed by atoms with Gasteiger partial charge in [-0.05, 0) is 31.5 Å². The van der Waals surface area contributed by atoms with E-state index in [9.17, 15) is 4.39 Å². The van der Waals surface area contributed by atoms with Crippen molar-refractivity contribution in [1.29, 1.82) is 0 Å². The molecule has 2 aromatic rings. The minimum atomic E-state index is -0.269. The summed E-state index contributed by atoms with van der Waals surface area (Å²) in [5.41, 5.74) is 1.53. The Morgan fingerprint density at radius 2 is 2.21 bits per heavy atom. The number of aromatic nitrogens is 2. The largest absolute Gasteiger partial charge is 0.383 e. The Hall–Kier alpha value is -1.13. The minimum Gasteiger partial charge on any atom is -0.383 e. The molecule has 1 heterocycles. The van der Waals surface area contributed by atoms with Crippen LogP contribution in [0.15, 0.2) is 18.2 Å². The van der Waals surface area contributed by atoms with Crippen molar-refractivity contribution >= 4 is 22.6 Å². The number of ether oxygens (including phenoxy) is 1. The zero-order valence-electron chi connectivity index (χ0n) is 11.4. The molecule has 0 fully saturated rings. The summed E-state index contributed by atoms with van der Waals surface area (Å²) < 4.78 is 20.7. The van der Waals surface area contributed by atoms with Gasteiger partial charge in [-0.2, -0.15) is 0 Å². The van der Waals surface area contributed by atoms with Crippen LogP contribution in [-0.2, 0) is 4.74 Å². The number of benzene rings is 1. The summed E-state index contributed by atoms with van der Waals surface area (Å²) in [6.07, 6.45) is 0.867. The smallest absolute Gasteiger partial charge is 0.128 e. The van der Waals surface area contributed by atoms with Crippen molar-refractivity contribution < 1.29 is 9.13 Å². The van der Waals surface area contributed by atoms with E-state index in [1.54, 1.807) is 13.2 Å². The molecule has 0 amide bonds. The summed E-state index contributed by atoms with van der Waals surface area (Å²) in [5, 5.41) is -0.235. The summed E-state index contributed by atoms with van der Waals surface area (Å²) in [6.45, 7) is 4.49. The number of rotatable bonds is 5. The van der Waals surface area contributed by atoms with Gasteiger partial charge in [-0.25, -0.2) is 9.37 Å². The van der Waals surface area contributed by atoms with Crippen LogP contribution in [0.5, 0.6) is 0 Å². The van der Waals surface area contributed by atoms with E-state index >= 15 is 0 Å². The fraction of sp³-hybridized carbons (Fsp3) is 0.500. The lowest BCUT2D eigenvalue weighted by Crippen LogP contribution is -2.17. The van der Waals surface area contributed by atoms with E-state index in [1.165, 1.54) is 12.1 Å². The first-order valence-electron chi connectivity index (χ1n) is 6.38. The fourth-order valence-electron chi connectivity index (χ4n) is 2.32. The van der Waals surface area contributed by atoms with Gasteiger partial charge >= 0.3 is 0 Å². The van der Waals surface area contributed by atoms with Gasteiger partial charge in [0.1, 0.15) is 11.6 Å². The van der Waals surface area contributed by atoms with Gasteiger partial charge in [-0.15, -0.1) is 11.6 Å². The number of imidazole rings is 1. The molecular formula is C14H18ClFN2O. The molecule has 0 saturated carbocycles. The van der Waals surface area contributed by atoms with Crippen LogP contribution in [0.1, 0.15) is 37.5 Å². The molecule has 0 radical (unpaired) electrons. The van der Waals surface area contributed by atoms with E-state index in [0.29, 0.717) is 6.61 Å². The summed E-state index contributed by atoms with van der Waals surface area (Å²) >= 11 is 6.20. The molecule has 0 N–H and O–H groups in total. The third kappa shape index (κ3) is 2.74. The molecule has 0 aliphatic carbocycles. The van der Waals surface area contributed by atoms with E-state index in [-0.39, 0.29) is 17.2 Å². The lowest BCUT2D eigenvalue weighted by molar-refractivity contribution is 0.153. The van der Waals surface area contributed by atoms with E-state index in [2.05, 4.69) is 11.9 Å². The number of methoxy groups -OCH3 is 1. The molecule has 104 valence electrons. The van der Waals surface area contributed by atoms with Gasteiger partial charge in [0.15, 0.2) is 0 Å². The molecule has 19 heavy (non-hydrogen) atoms. The predicted octanol–water partition coefficient (Wildman–Crippen LogP) is 4.07. The van der Waals surface area contributed by atoms with E-state index in [1.807, 2.05) is 11.5 Å². The maximum Gasteiger partial charge on any atom is 0.128 e. The normalized spacial score (nSPS) is 14.8. The number of alkyl halides is 1. The highest BCUT2D eigenvalue weighted by atomic mass is 35.5. The van der Waals surface area contributed by atoms with Crippen molar-refractivity contribution in [3.8, 4) is 0 Å². The Kier molecular flexibility index (Phi) is 4.42. The van der Waals surface area contributed by atoms with Crippen LogP contribution < -0.4 is 0 Å². The van der Waals surface area contributed by atoms with Gasteiger partial charge in [0, 0.05) is 7.11 Å². The monoisotopic (exact) mass is 284 g/mol. The molecule has 1 aromatic carbocycles. The molecule has 3 nitrogen and oxygen atoms in total. The summed E-state index contributed by atoms with van der Waals surface area (Å²) in [5.74, 6) is 0.487. The Morgan fingerprint density at radius 1 is 1.47 bits per heavy atom. The first-order valence-corrected chi connectivity index (χ1v) is 6.82. The SMILES string of the molecule is CCC(COC)n1c(C(C)Cl)nc2ccc(F)cc21. The molecular weight excluding hydrogens is 267 g/mol. The Balaban J connectivity index is 2.65. The van der Waals surface area contributed by atoms with Crippen LogP contribution in [0.4, 0.5) is 4.39 Å². The van der Waals surface area contributed by atoms with Crippen LogP contribution in [0.3, 0.4) is 0 Å². The predicted molar refractivity (Wildman–Crippen MR) is 75.2 cm³/mol. The molecule has 2 atom stereocenters.